The molecule has 0 saturated carbocycles. The maximum Gasteiger partial charge on any atom is 0.357 e. The van der Waals surface area contributed by atoms with Gasteiger partial charge in [0.1, 0.15) is 5.69 Å². The molecule has 0 aliphatic heterocycles. The van der Waals surface area contributed by atoms with E-state index in [1.165, 1.54) is 6.07 Å². The van der Waals surface area contributed by atoms with Crippen LogP contribution < -0.4 is 0 Å². The van der Waals surface area contributed by atoms with Crippen LogP contribution in [0.5, 0.6) is 0 Å². The third kappa shape index (κ3) is 1.62. The molecule has 0 radical (unpaired) electrons. The molecule has 1 aromatic heterocycles. The smallest absolute Gasteiger partial charge is 0.357 e. The Balaban J connectivity index is 2.42. The number of carbonyl (C=O) groups is 2. The Bertz CT molecular complexity index is 450. The maximum atomic E-state index is 13.7. The average molecular weight is 225 g/mol. The minimum absolute atomic E-state index is 0.00861. The van der Waals surface area contributed by atoms with Crippen LogP contribution in [0, 0.1) is 0 Å². The fourth-order valence-corrected chi connectivity index (χ4v) is 1.92. The second-order valence-corrected chi connectivity index (χ2v) is 3.68. The average Bonchev–Trinajstić information content (AvgIpc) is 2.58. The van der Waals surface area contributed by atoms with E-state index in [0.29, 0.717) is 24.8 Å². The minimum atomic E-state index is -0.729. The fourth-order valence-electron chi connectivity index (χ4n) is 1.92. The number of ether oxygens (including phenoxy) is 1. The van der Waals surface area contributed by atoms with Gasteiger partial charge >= 0.3 is 5.97 Å². The van der Waals surface area contributed by atoms with Crippen molar-refractivity contribution in [3.05, 3.63) is 23.0 Å². The number of halogens is 1. The number of Topliss-reactive ketones (excluding diaryl/α,β-unsaturated/α-hetero) is 1. The van der Waals surface area contributed by atoms with Gasteiger partial charge in [-0.15, -0.1) is 0 Å². The zero-order chi connectivity index (χ0) is 11.7. The highest BCUT2D eigenvalue weighted by Gasteiger charge is 2.27. The van der Waals surface area contributed by atoms with E-state index in [9.17, 15) is 14.1 Å². The molecule has 0 atom stereocenters. The van der Waals surface area contributed by atoms with Gasteiger partial charge in [0.2, 0.25) is 0 Å². The van der Waals surface area contributed by atoms with Crippen molar-refractivity contribution in [1.29, 1.82) is 0 Å². The van der Waals surface area contributed by atoms with Crippen molar-refractivity contribution >= 4 is 11.8 Å². The zero-order valence-corrected chi connectivity index (χ0v) is 8.96. The SMILES string of the molecule is CCOC(=O)c1cc2c(n1F)C(=O)CCC2. The van der Waals surface area contributed by atoms with Crippen molar-refractivity contribution < 1.29 is 18.8 Å². The van der Waals surface area contributed by atoms with E-state index in [-0.39, 0.29) is 28.6 Å². The standard InChI is InChI=1S/C11H12FNO3/c1-2-16-11(15)8-6-7-4-3-5-9(14)10(7)13(8)12/h6H,2-5H2,1H3. The highest BCUT2D eigenvalue weighted by atomic mass is 19.2. The van der Waals surface area contributed by atoms with Gasteiger partial charge < -0.3 is 4.74 Å². The molecule has 5 heteroatoms. The summed E-state index contributed by atoms with van der Waals surface area (Å²) >= 11 is 0. The molecule has 0 fully saturated rings. The van der Waals surface area contributed by atoms with Crippen LogP contribution >= 0.6 is 0 Å². The number of ketones is 1. The number of aryl methyl sites for hydroxylation is 1. The van der Waals surface area contributed by atoms with Gasteiger partial charge in [0.15, 0.2) is 11.5 Å². The number of fused-ring (bicyclic) bond motifs is 1. The van der Waals surface area contributed by atoms with Gasteiger partial charge in [-0.25, -0.2) is 4.79 Å². The normalized spacial score (nSPS) is 14.8. The molecule has 0 unspecified atom stereocenters. The van der Waals surface area contributed by atoms with Crippen molar-refractivity contribution in [3.8, 4) is 0 Å². The molecule has 16 heavy (non-hydrogen) atoms. The number of esters is 1. The predicted octanol–water partition coefficient (Wildman–Crippen LogP) is 1.92. The largest absolute Gasteiger partial charge is 0.461 e. The lowest BCUT2D eigenvalue weighted by Gasteiger charge is -2.09. The van der Waals surface area contributed by atoms with E-state index in [4.69, 9.17) is 4.74 Å². The Kier molecular flexibility index (Phi) is 2.77. The molecule has 0 bridgehead atoms. The molecule has 0 aromatic carbocycles. The second-order valence-electron chi connectivity index (χ2n) is 3.68. The summed E-state index contributed by atoms with van der Waals surface area (Å²) in [5, 5.41) is 0. The number of nitrogens with zero attached hydrogens (tertiary/aromatic N) is 1. The summed E-state index contributed by atoms with van der Waals surface area (Å²) in [5.41, 5.74) is 0.415. The number of carbonyl (C=O) groups excluding carboxylic acids is 2. The summed E-state index contributed by atoms with van der Waals surface area (Å²) in [4.78, 5) is 23.0. The molecule has 0 saturated heterocycles. The first-order chi connectivity index (χ1) is 7.65. The number of hydrogen-bond donors (Lipinski definition) is 0. The van der Waals surface area contributed by atoms with E-state index in [1.807, 2.05) is 0 Å². The van der Waals surface area contributed by atoms with E-state index in [2.05, 4.69) is 0 Å². The highest BCUT2D eigenvalue weighted by Crippen LogP contribution is 2.25. The van der Waals surface area contributed by atoms with Crippen LogP contribution in [0.3, 0.4) is 0 Å². The van der Waals surface area contributed by atoms with Crippen LogP contribution in [-0.4, -0.2) is 23.1 Å². The summed E-state index contributed by atoms with van der Waals surface area (Å²) in [5.74, 6) is -0.980. The number of rotatable bonds is 2. The lowest BCUT2D eigenvalue weighted by Crippen LogP contribution is -2.14. The number of hydrogen-bond acceptors (Lipinski definition) is 3. The lowest BCUT2D eigenvalue weighted by molar-refractivity contribution is 0.0501. The van der Waals surface area contributed by atoms with Crippen molar-refractivity contribution in [2.45, 2.75) is 26.2 Å². The third-order valence-corrected chi connectivity index (χ3v) is 2.62. The molecule has 1 aromatic rings. The molecular formula is C11H12FNO3. The first-order valence-electron chi connectivity index (χ1n) is 5.26. The van der Waals surface area contributed by atoms with Gasteiger partial charge in [-0.05, 0) is 31.4 Å². The Morgan fingerprint density at radius 2 is 2.31 bits per heavy atom. The van der Waals surface area contributed by atoms with Crippen LogP contribution in [0.15, 0.2) is 6.07 Å². The molecule has 0 spiro atoms. The summed E-state index contributed by atoms with van der Waals surface area (Å²) in [6.07, 6.45) is 1.67. The molecule has 2 rings (SSSR count). The highest BCUT2D eigenvalue weighted by molar-refractivity contribution is 5.99. The Morgan fingerprint density at radius 1 is 1.56 bits per heavy atom. The summed E-state index contributed by atoms with van der Waals surface area (Å²) < 4.78 is 18.4. The molecule has 86 valence electrons. The lowest BCUT2D eigenvalue weighted by atomic mass is 9.97. The van der Waals surface area contributed by atoms with Crippen molar-refractivity contribution in [2.75, 3.05) is 6.61 Å². The maximum absolute atomic E-state index is 13.7. The molecule has 0 N–H and O–H groups in total. The van der Waals surface area contributed by atoms with Gasteiger partial charge in [-0.3, -0.25) is 4.79 Å². The van der Waals surface area contributed by atoms with Crippen LogP contribution in [-0.2, 0) is 11.2 Å². The Hall–Kier alpha value is -1.65. The predicted molar refractivity (Wildman–Crippen MR) is 54.2 cm³/mol. The summed E-state index contributed by atoms with van der Waals surface area (Å²) in [6, 6.07) is 1.41. The molecule has 1 aliphatic rings. The van der Waals surface area contributed by atoms with Crippen molar-refractivity contribution in [2.24, 2.45) is 0 Å². The van der Waals surface area contributed by atoms with Crippen LogP contribution in [0.2, 0.25) is 0 Å². The Morgan fingerprint density at radius 3 is 2.94 bits per heavy atom. The monoisotopic (exact) mass is 225 g/mol. The molecule has 1 aliphatic carbocycles. The summed E-state index contributed by atoms with van der Waals surface area (Å²) in [7, 11) is 0. The number of aromatic nitrogens is 1. The van der Waals surface area contributed by atoms with Crippen LogP contribution in [0.1, 0.15) is 46.3 Å². The van der Waals surface area contributed by atoms with Gasteiger partial charge in [-0.1, -0.05) is 4.48 Å². The van der Waals surface area contributed by atoms with E-state index >= 15 is 0 Å². The molecule has 4 nitrogen and oxygen atoms in total. The second kappa shape index (κ2) is 4.08. The van der Waals surface area contributed by atoms with E-state index < -0.39 is 5.97 Å². The van der Waals surface area contributed by atoms with Crippen LogP contribution in [0.4, 0.5) is 4.48 Å². The molecule has 1 heterocycles. The van der Waals surface area contributed by atoms with E-state index in [0.717, 1.165) is 0 Å². The van der Waals surface area contributed by atoms with Gasteiger partial charge in [-0.2, -0.15) is 4.79 Å². The van der Waals surface area contributed by atoms with Crippen molar-refractivity contribution in [3.63, 3.8) is 0 Å². The first kappa shape index (κ1) is 10.9. The topological polar surface area (TPSA) is 48.3 Å². The quantitative estimate of drug-likeness (QED) is 0.722. The third-order valence-electron chi connectivity index (χ3n) is 2.62. The Labute approximate surface area is 91.9 Å². The van der Waals surface area contributed by atoms with Crippen molar-refractivity contribution in [1.82, 2.24) is 4.79 Å². The fraction of sp³-hybridized carbons (Fsp3) is 0.455. The van der Waals surface area contributed by atoms with Crippen LogP contribution in [0.25, 0.3) is 0 Å². The zero-order valence-electron chi connectivity index (χ0n) is 8.96. The minimum Gasteiger partial charge on any atom is -0.461 e. The van der Waals surface area contributed by atoms with Gasteiger partial charge in [0.25, 0.3) is 0 Å². The molecular weight excluding hydrogens is 213 g/mol. The molecule has 0 amide bonds. The first-order valence-corrected chi connectivity index (χ1v) is 5.26. The van der Waals surface area contributed by atoms with E-state index in [1.54, 1.807) is 6.92 Å². The van der Waals surface area contributed by atoms with Gasteiger partial charge in [0, 0.05) is 6.42 Å². The summed E-state index contributed by atoms with van der Waals surface area (Å²) in [6.45, 7) is 1.83. The van der Waals surface area contributed by atoms with Gasteiger partial charge in [0.05, 0.1) is 6.61 Å².